The second-order valence-corrected chi connectivity index (χ2v) is 5.69. The van der Waals surface area contributed by atoms with Gasteiger partial charge in [-0.1, -0.05) is 4.53 Å². The molecule has 0 amide bonds. The van der Waals surface area contributed by atoms with Gasteiger partial charge in [0.25, 0.3) is 0 Å². The Hall–Kier alpha value is -0.130. The van der Waals surface area contributed by atoms with E-state index in [0.29, 0.717) is 13.1 Å². The molecule has 0 radical (unpaired) electrons. The van der Waals surface area contributed by atoms with Crippen molar-refractivity contribution in [1.29, 1.82) is 0 Å². The fraction of sp³-hybridized carbons (Fsp3) is 1.00. The van der Waals surface area contributed by atoms with Crippen LogP contribution in [0.4, 0.5) is 0 Å². The second kappa shape index (κ2) is 2.18. The lowest BCUT2D eigenvalue weighted by Gasteiger charge is -2.39. The van der Waals surface area contributed by atoms with Crippen LogP contribution in [0.15, 0.2) is 4.53 Å². The molecule has 2 N–H and O–H groups in total. The molecular weight excluding hydrogens is 152 g/mol. The van der Waals surface area contributed by atoms with Crippen molar-refractivity contribution in [3.05, 3.63) is 0 Å². The van der Waals surface area contributed by atoms with E-state index in [0.717, 1.165) is 0 Å². The first-order chi connectivity index (χ1) is 4.52. The molecule has 5 heteroatoms. The van der Waals surface area contributed by atoms with Crippen LogP contribution >= 0.6 is 0 Å². The molecule has 0 bridgehead atoms. The summed E-state index contributed by atoms with van der Waals surface area (Å²) in [6.45, 7) is 3.20. The van der Waals surface area contributed by atoms with E-state index in [2.05, 4.69) is 9.84 Å². The van der Waals surface area contributed by atoms with E-state index < -0.39 is 9.73 Å². The Bertz CT molecular complexity index is 238. The molecule has 1 atom stereocenters. The van der Waals surface area contributed by atoms with Crippen LogP contribution in [0.5, 0.6) is 0 Å². The third kappa shape index (κ3) is 0.941. The van der Waals surface area contributed by atoms with Crippen molar-refractivity contribution in [1.82, 2.24) is 5.32 Å². The van der Waals surface area contributed by atoms with Crippen molar-refractivity contribution in [3.63, 3.8) is 0 Å². The third-order valence-electron chi connectivity index (χ3n) is 2.07. The smallest absolute Gasteiger partial charge is 0.0805 e. The quantitative estimate of drug-likeness (QED) is 0.529. The molecule has 0 spiro atoms. The molecule has 4 nitrogen and oxygen atoms in total. The Morgan fingerprint density at radius 1 is 1.70 bits per heavy atom. The maximum Gasteiger partial charge on any atom is 0.0805 e. The first-order valence-electron chi connectivity index (χ1n) is 3.08. The third-order valence-corrected chi connectivity index (χ3v) is 4.50. The predicted molar refractivity (Wildman–Crippen MR) is 39.6 cm³/mol. The van der Waals surface area contributed by atoms with Gasteiger partial charge in [0.2, 0.25) is 0 Å². The van der Waals surface area contributed by atoms with Gasteiger partial charge >= 0.3 is 0 Å². The van der Waals surface area contributed by atoms with Gasteiger partial charge in [-0.15, -0.1) is 0 Å². The Labute approximate surface area is 60.8 Å². The molecule has 10 heavy (non-hydrogen) atoms. The minimum absolute atomic E-state index is 0.332. The van der Waals surface area contributed by atoms with Crippen molar-refractivity contribution < 1.29 is 9.42 Å². The van der Waals surface area contributed by atoms with Crippen LogP contribution < -0.4 is 5.32 Å². The van der Waals surface area contributed by atoms with E-state index in [9.17, 15) is 4.21 Å². The van der Waals surface area contributed by atoms with Gasteiger partial charge < -0.3 is 5.32 Å². The van der Waals surface area contributed by atoms with E-state index in [4.69, 9.17) is 5.21 Å². The van der Waals surface area contributed by atoms with Crippen LogP contribution in [0.3, 0.4) is 0 Å². The Morgan fingerprint density at radius 3 is 2.30 bits per heavy atom. The van der Waals surface area contributed by atoms with Crippen LogP contribution in [-0.4, -0.2) is 33.5 Å². The van der Waals surface area contributed by atoms with E-state index >= 15 is 0 Å². The van der Waals surface area contributed by atoms with Gasteiger partial charge in [0.1, 0.15) is 0 Å². The van der Waals surface area contributed by atoms with Crippen molar-refractivity contribution in [2.45, 2.75) is 11.7 Å². The molecule has 1 rings (SSSR count). The largest absolute Gasteiger partial charge is 0.314 e. The van der Waals surface area contributed by atoms with Gasteiger partial charge in [0.05, 0.1) is 14.5 Å². The van der Waals surface area contributed by atoms with Crippen LogP contribution in [0.25, 0.3) is 0 Å². The van der Waals surface area contributed by atoms with Crippen LogP contribution in [0, 0.1) is 0 Å². The van der Waals surface area contributed by atoms with Gasteiger partial charge in [-0.2, -0.15) is 0 Å². The molecule has 0 aromatic heterocycles. The lowest BCUT2D eigenvalue weighted by atomic mass is 10.1. The van der Waals surface area contributed by atoms with Crippen molar-refractivity contribution in [2.24, 2.45) is 4.53 Å². The summed E-state index contributed by atoms with van der Waals surface area (Å²) in [4.78, 5) is 0. The number of hydrogen-bond acceptors (Lipinski definition) is 3. The summed E-state index contributed by atoms with van der Waals surface area (Å²) in [7, 11) is -2.39. The molecule has 1 saturated heterocycles. The summed E-state index contributed by atoms with van der Waals surface area (Å²) in [5.41, 5.74) is 0. The van der Waals surface area contributed by atoms with Gasteiger partial charge in [-0.25, -0.2) is 4.21 Å². The van der Waals surface area contributed by atoms with E-state index in [-0.39, 0.29) is 4.75 Å². The average molecular weight is 164 g/mol. The molecule has 1 unspecified atom stereocenters. The number of nitrogens with zero attached hydrogens (tertiary/aromatic N) is 1. The van der Waals surface area contributed by atoms with Crippen LogP contribution in [0.1, 0.15) is 6.92 Å². The van der Waals surface area contributed by atoms with E-state index in [1.54, 1.807) is 0 Å². The first-order valence-corrected chi connectivity index (χ1v) is 5.00. The topological polar surface area (TPSA) is 61.7 Å². The van der Waals surface area contributed by atoms with Gasteiger partial charge in [-0.05, 0) is 6.92 Å². The molecule has 0 aliphatic carbocycles. The zero-order valence-electron chi connectivity index (χ0n) is 6.13. The molecule has 0 aromatic rings. The van der Waals surface area contributed by atoms with Gasteiger partial charge in [-0.3, -0.25) is 5.21 Å². The molecular formula is C5H12N2O2S. The van der Waals surface area contributed by atoms with Crippen molar-refractivity contribution >= 4 is 9.73 Å². The highest BCUT2D eigenvalue weighted by Crippen LogP contribution is 2.21. The number of rotatable bonds is 1. The summed E-state index contributed by atoms with van der Waals surface area (Å²) in [6, 6.07) is 0. The Kier molecular flexibility index (Phi) is 1.74. The minimum Gasteiger partial charge on any atom is -0.314 e. The monoisotopic (exact) mass is 164 g/mol. The maximum absolute atomic E-state index is 11.4. The second-order valence-electron chi connectivity index (χ2n) is 2.94. The molecule has 0 saturated carbocycles. The van der Waals surface area contributed by atoms with Crippen LogP contribution in [0.2, 0.25) is 0 Å². The lowest BCUT2D eigenvalue weighted by molar-refractivity contribution is 0.316. The number of nitrogens with one attached hydrogen (secondary N) is 1. The van der Waals surface area contributed by atoms with E-state index in [1.165, 1.54) is 6.26 Å². The van der Waals surface area contributed by atoms with E-state index in [1.807, 2.05) is 6.92 Å². The normalized spacial score (nSPS) is 28.3. The first kappa shape index (κ1) is 7.97. The highest BCUT2D eigenvalue weighted by molar-refractivity contribution is 7.94. The molecule has 0 aromatic carbocycles. The summed E-state index contributed by atoms with van der Waals surface area (Å²) >= 11 is 0. The molecule has 1 aliphatic rings. The Balaban J connectivity index is 2.93. The lowest BCUT2D eigenvalue weighted by Crippen LogP contribution is -2.61. The van der Waals surface area contributed by atoms with Gasteiger partial charge in [0.15, 0.2) is 0 Å². The highest BCUT2D eigenvalue weighted by Gasteiger charge is 2.40. The molecule has 1 aliphatic heterocycles. The average Bonchev–Trinajstić information content (AvgIpc) is 1.82. The highest BCUT2D eigenvalue weighted by atomic mass is 32.2. The summed E-state index contributed by atoms with van der Waals surface area (Å²) in [6.07, 6.45) is 1.48. The molecule has 1 heterocycles. The van der Waals surface area contributed by atoms with Crippen LogP contribution in [-0.2, 0) is 9.73 Å². The maximum atomic E-state index is 11.4. The molecule has 1 fully saturated rings. The minimum atomic E-state index is -2.39. The Morgan fingerprint density at radius 2 is 2.20 bits per heavy atom. The zero-order chi connectivity index (χ0) is 7.83. The fourth-order valence-corrected chi connectivity index (χ4v) is 1.78. The van der Waals surface area contributed by atoms with Crippen molar-refractivity contribution in [2.75, 3.05) is 19.3 Å². The summed E-state index contributed by atoms with van der Waals surface area (Å²) < 4.78 is 14.0. The molecule has 60 valence electrons. The fourth-order valence-electron chi connectivity index (χ4n) is 0.843. The van der Waals surface area contributed by atoms with Gasteiger partial charge in [0, 0.05) is 19.3 Å². The zero-order valence-corrected chi connectivity index (χ0v) is 6.94. The predicted octanol–water partition coefficient (Wildman–Crippen LogP) is -0.165. The SMILES string of the molecule is CC1(S(C)(=O)=NO)CNC1. The summed E-state index contributed by atoms with van der Waals surface area (Å²) in [5.74, 6) is 0. The summed E-state index contributed by atoms with van der Waals surface area (Å²) in [5, 5.41) is 11.4. The standard InChI is InChI=1S/C5H12N2O2S/c1-5(3-6-4-5)10(2,9)7-8/h6,8H,3-4H2,1-2H3. The number of hydrogen-bond donors (Lipinski definition) is 2. The van der Waals surface area contributed by atoms with Crippen molar-refractivity contribution in [3.8, 4) is 0 Å².